The summed E-state index contributed by atoms with van der Waals surface area (Å²) in [4.78, 5) is 11.9. The van der Waals surface area contributed by atoms with Gasteiger partial charge in [-0.05, 0) is 49.2 Å². The summed E-state index contributed by atoms with van der Waals surface area (Å²) in [5, 5.41) is 5.32. The molecule has 0 saturated heterocycles. The third-order valence-electron chi connectivity index (χ3n) is 2.82. The maximum atomic E-state index is 13.0. The number of hydrogen-bond acceptors (Lipinski definition) is 1. The van der Waals surface area contributed by atoms with Gasteiger partial charge < -0.3 is 10.6 Å². The van der Waals surface area contributed by atoms with Crippen molar-refractivity contribution in [3.05, 3.63) is 58.4 Å². The fourth-order valence-corrected chi connectivity index (χ4v) is 1.91. The Morgan fingerprint density at radius 2 is 1.85 bits per heavy atom. The average Bonchev–Trinajstić information content (AvgIpc) is 2.38. The highest BCUT2D eigenvalue weighted by Crippen LogP contribution is 2.20. The molecule has 5 heteroatoms. The highest BCUT2D eigenvalue weighted by molar-refractivity contribution is 6.31. The summed E-state index contributed by atoms with van der Waals surface area (Å²) in [6.07, 6.45) is 0. The normalized spacial score (nSPS) is 10.2. The van der Waals surface area contributed by atoms with Crippen LogP contribution in [-0.4, -0.2) is 6.03 Å². The van der Waals surface area contributed by atoms with E-state index in [4.69, 9.17) is 11.6 Å². The smallest absolute Gasteiger partial charge is 0.308 e. The van der Waals surface area contributed by atoms with E-state index in [9.17, 15) is 9.18 Å². The second kappa shape index (κ2) is 5.92. The fourth-order valence-electron chi connectivity index (χ4n) is 1.73. The van der Waals surface area contributed by atoms with E-state index in [-0.39, 0.29) is 5.02 Å². The van der Waals surface area contributed by atoms with Crippen LogP contribution in [0.5, 0.6) is 0 Å². The summed E-state index contributed by atoms with van der Waals surface area (Å²) in [6, 6.07) is 9.39. The van der Waals surface area contributed by atoms with Gasteiger partial charge in [0.25, 0.3) is 0 Å². The molecule has 20 heavy (non-hydrogen) atoms. The lowest BCUT2D eigenvalue weighted by Crippen LogP contribution is -2.20. The van der Waals surface area contributed by atoms with Gasteiger partial charge in [0.1, 0.15) is 5.82 Å². The molecule has 0 fully saturated rings. The molecule has 0 aliphatic carbocycles. The summed E-state index contributed by atoms with van der Waals surface area (Å²) < 4.78 is 13.0. The van der Waals surface area contributed by atoms with Crippen LogP contribution in [0.1, 0.15) is 11.1 Å². The molecule has 0 spiro atoms. The van der Waals surface area contributed by atoms with Crippen LogP contribution in [-0.2, 0) is 0 Å². The van der Waals surface area contributed by atoms with Gasteiger partial charge in [-0.25, -0.2) is 9.18 Å². The number of hydrogen-bond donors (Lipinski definition) is 2. The van der Waals surface area contributed by atoms with Crippen LogP contribution in [0.3, 0.4) is 0 Å². The van der Waals surface area contributed by atoms with E-state index in [0.29, 0.717) is 5.69 Å². The van der Waals surface area contributed by atoms with Crippen LogP contribution in [0.15, 0.2) is 36.4 Å². The van der Waals surface area contributed by atoms with E-state index in [1.54, 1.807) is 0 Å². The number of amides is 2. The second-order valence-electron chi connectivity index (χ2n) is 4.53. The van der Waals surface area contributed by atoms with Crippen molar-refractivity contribution in [2.75, 3.05) is 10.6 Å². The molecule has 2 aromatic rings. The van der Waals surface area contributed by atoms with Crippen molar-refractivity contribution in [1.82, 2.24) is 0 Å². The first-order valence-corrected chi connectivity index (χ1v) is 6.44. The third kappa shape index (κ3) is 3.48. The Morgan fingerprint density at radius 3 is 2.55 bits per heavy atom. The van der Waals surface area contributed by atoms with Gasteiger partial charge in [0.15, 0.2) is 0 Å². The first kappa shape index (κ1) is 14.3. The number of benzene rings is 2. The number of anilines is 2. The Balaban J connectivity index is 2.09. The summed E-state index contributed by atoms with van der Waals surface area (Å²) in [5.74, 6) is -0.521. The van der Waals surface area contributed by atoms with E-state index in [1.165, 1.54) is 18.2 Å². The molecule has 0 bridgehead atoms. The van der Waals surface area contributed by atoms with Gasteiger partial charge in [0, 0.05) is 11.4 Å². The Hall–Kier alpha value is -2.07. The van der Waals surface area contributed by atoms with E-state index in [0.717, 1.165) is 16.8 Å². The lowest BCUT2D eigenvalue weighted by atomic mass is 10.1. The molecule has 2 aromatic carbocycles. The molecule has 0 aromatic heterocycles. The van der Waals surface area contributed by atoms with Crippen molar-refractivity contribution in [2.45, 2.75) is 13.8 Å². The summed E-state index contributed by atoms with van der Waals surface area (Å²) in [6.45, 7) is 3.85. The van der Waals surface area contributed by atoms with Crippen molar-refractivity contribution in [3.63, 3.8) is 0 Å². The quantitative estimate of drug-likeness (QED) is 0.824. The molecule has 2 amide bonds. The van der Waals surface area contributed by atoms with Gasteiger partial charge in [-0.15, -0.1) is 0 Å². The van der Waals surface area contributed by atoms with Gasteiger partial charge >= 0.3 is 6.03 Å². The Kier molecular flexibility index (Phi) is 4.25. The largest absolute Gasteiger partial charge is 0.323 e. The third-order valence-corrected chi connectivity index (χ3v) is 3.11. The van der Waals surface area contributed by atoms with Crippen molar-refractivity contribution < 1.29 is 9.18 Å². The highest BCUT2D eigenvalue weighted by Gasteiger charge is 2.07. The minimum absolute atomic E-state index is 0.0328. The molecule has 0 aliphatic rings. The summed E-state index contributed by atoms with van der Waals surface area (Å²) in [5.41, 5.74) is 3.17. The van der Waals surface area contributed by atoms with Crippen molar-refractivity contribution >= 4 is 29.0 Å². The first-order chi connectivity index (χ1) is 9.45. The van der Waals surface area contributed by atoms with E-state index in [1.807, 2.05) is 32.0 Å². The Bertz CT molecular complexity index is 658. The molecular formula is C15H14ClFN2O. The SMILES string of the molecule is Cc1ccc(C)c(NC(=O)Nc2ccc(F)c(Cl)c2)c1. The first-order valence-electron chi connectivity index (χ1n) is 6.06. The maximum absolute atomic E-state index is 13.0. The van der Waals surface area contributed by atoms with Gasteiger partial charge in [0.2, 0.25) is 0 Å². The molecule has 2 N–H and O–H groups in total. The zero-order chi connectivity index (χ0) is 14.7. The molecular weight excluding hydrogens is 279 g/mol. The number of aryl methyl sites for hydroxylation is 2. The van der Waals surface area contributed by atoms with Crippen molar-refractivity contribution in [1.29, 1.82) is 0 Å². The Labute approximate surface area is 121 Å². The fraction of sp³-hybridized carbons (Fsp3) is 0.133. The second-order valence-corrected chi connectivity index (χ2v) is 4.93. The lowest BCUT2D eigenvalue weighted by Gasteiger charge is -2.11. The molecule has 104 valence electrons. The minimum atomic E-state index is -0.521. The van der Waals surface area contributed by atoms with Crippen LogP contribution in [0.4, 0.5) is 20.6 Å². The average molecular weight is 293 g/mol. The van der Waals surface area contributed by atoms with Gasteiger partial charge in [0.05, 0.1) is 5.02 Å². The maximum Gasteiger partial charge on any atom is 0.323 e. The highest BCUT2D eigenvalue weighted by atomic mass is 35.5. The molecule has 3 nitrogen and oxygen atoms in total. The number of carbonyl (C=O) groups excluding carboxylic acids is 1. The summed E-state index contributed by atoms with van der Waals surface area (Å²) in [7, 11) is 0. The van der Waals surface area contributed by atoms with Crippen LogP contribution in [0.2, 0.25) is 5.02 Å². The molecule has 0 atom stereocenters. The number of urea groups is 1. The monoisotopic (exact) mass is 292 g/mol. The number of halogens is 2. The van der Waals surface area contributed by atoms with Crippen LogP contribution in [0.25, 0.3) is 0 Å². The molecule has 0 aliphatic heterocycles. The standard InChI is InChI=1S/C15H14ClFN2O/c1-9-3-4-10(2)14(7-9)19-15(20)18-11-5-6-13(17)12(16)8-11/h3-8H,1-2H3,(H2,18,19,20). The molecule has 0 unspecified atom stereocenters. The number of rotatable bonds is 2. The number of carbonyl (C=O) groups is 1. The van der Waals surface area contributed by atoms with Gasteiger partial charge in [-0.1, -0.05) is 23.7 Å². The van der Waals surface area contributed by atoms with E-state index >= 15 is 0 Å². The van der Waals surface area contributed by atoms with Crippen LogP contribution in [0, 0.1) is 19.7 Å². The van der Waals surface area contributed by atoms with E-state index in [2.05, 4.69) is 10.6 Å². The van der Waals surface area contributed by atoms with Crippen molar-refractivity contribution in [2.24, 2.45) is 0 Å². The Morgan fingerprint density at radius 1 is 1.10 bits per heavy atom. The topological polar surface area (TPSA) is 41.1 Å². The molecule has 0 saturated carbocycles. The lowest BCUT2D eigenvalue weighted by molar-refractivity contribution is 0.262. The van der Waals surface area contributed by atoms with Gasteiger partial charge in [-0.3, -0.25) is 0 Å². The molecule has 0 heterocycles. The van der Waals surface area contributed by atoms with Gasteiger partial charge in [-0.2, -0.15) is 0 Å². The van der Waals surface area contributed by atoms with Crippen LogP contribution < -0.4 is 10.6 Å². The molecule has 2 rings (SSSR count). The van der Waals surface area contributed by atoms with E-state index < -0.39 is 11.8 Å². The predicted molar refractivity (Wildman–Crippen MR) is 80.0 cm³/mol. The predicted octanol–water partition coefficient (Wildman–Crippen LogP) is 4.74. The van der Waals surface area contributed by atoms with Crippen molar-refractivity contribution in [3.8, 4) is 0 Å². The zero-order valence-corrected chi connectivity index (χ0v) is 11.9. The number of nitrogens with one attached hydrogen (secondary N) is 2. The molecule has 0 radical (unpaired) electrons. The van der Waals surface area contributed by atoms with Crippen LogP contribution >= 0.6 is 11.6 Å². The zero-order valence-electron chi connectivity index (χ0n) is 11.1. The summed E-state index contributed by atoms with van der Waals surface area (Å²) >= 11 is 5.66. The minimum Gasteiger partial charge on any atom is -0.308 e.